The highest BCUT2D eigenvalue weighted by atomic mass is 15.1. The van der Waals surface area contributed by atoms with E-state index in [-0.39, 0.29) is 0 Å². The molecule has 1 aromatic carbocycles. The third-order valence-corrected chi connectivity index (χ3v) is 3.27. The van der Waals surface area contributed by atoms with E-state index >= 15 is 0 Å². The van der Waals surface area contributed by atoms with Gasteiger partial charge in [-0.25, -0.2) is 0 Å². The van der Waals surface area contributed by atoms with Gasteiger partial charge in [-0.2, -0.15) is 10.5 Å². The molecular formula is C18H16N4. The van der Waals surface area contributed by atoms with Crippen molar-refractivity contribution in [2.24, 2.45) is 0 Å². The van der Waals surface area contributed by atoms with Crippen LogP contribution in [0.25, 0.3) is 11.6 Å². The van der Waals surface area contributed by atoms with Crippen LogP contribution in [0.5, 0.6) is 0 Å². The van der Waals surface area contributed by atoms with Crippen molar-refractivity contribution in [3.8, 4) is 12.1 Å². The Bertz CT molecular complexity index is 718. The van der Waals surface area contributed by atoms with Gasteiger partial charge in [-0.05, 0) is 35.9 Å². The maximum Gasteiger partial charge on any atom is 0.101 e. The normalized spacial score (nSPS) is 10.6. The number of nitrogens with zero attached hydrogens (tertiary/aromatic N) is 4. The van der Waals surface area contributed by atoms with Crippen LogP contribution in [0.15, 0.2) is 48.7 Å². The summed E-state index contributed by atoms with van der Waals surface area (Å²) in [4.78, 5) is 6.22. The summed E-state index contributed by atoms with van der Waals surface area (Å²) < 4.78 is 0. The van der Waals surface area contributed by atoms with Gasteiger partial charge in [0, 0.05) is 25.5 Å². The molecule has 0 bridgehead atoms. The highest BCUT2D eigenvalue weighted by Crippen LogP contribution is 2.19. The van der Waals surface area contributed by atoms with Crippen molar-refractivity contribution in [2.75, 3.05) is 18.5 Å². The minimum Gasteiger partial charge on any atom is -0.374 e. The highest BCUT2D eigenvalue weighted by Gasteiger charge is 2.03. The summed E-state index contributed by atoms with van der Waals surface area (Å²) in [6.07, 6.45) is 3.99. The maximum atomic E-state index is 9.28. The van der Waals surface area contributed by atoms with Crippen molar-refractivity contribution in [1.29, 1.82) is 10.5 Å². The molecule has 1 heterocycles. The van der Waals surface area contributed by atoms with Gasteiger partial charge in [0.05, 0.1) is 23.8 Å². The first kappa shape index (κ1) is 15.3. The molecule has 0 fully saturated rings. The number of hydrogen-bond acceptors (Lipinski definition) is 4. The smallest absolute Gasteiger partial charge is 0.101 e. The zero-order valence-electron chi connectivity index (χ0n) is 12.4. The van der Waals surface area contributed by atoms with Crippen molar-refractivity contribution in [3.63, 3.8) is 0 Å². The molecule has 108 valence electrons. The monoisotopic (exact) mass is 288 g/mol. The summed E-state index contributed by atoms with van der Waals surface area (Å²) in [5.41, 5.74) is 3.19. The van der Waals surface area contributed by atoms with Gasteiger partial charge < -0.3 is 4.90 Å². The van der Waals surface area contributed by atoms with Crippen molar-refractivity contribution in [1.82, 2.24) is 4.98 Å². The van der Waals surface area contributed by atoms with Gasteiger partial charge in [-0.3, -0.25) is 4.98 Å². The number of pyridine rings is 1. The van der Waals surface area contributed by atoms with Crippen LogP contribution < -0.4 is 4.90 Å². The van der Waals surface area contributed by atoms with Crippen molar-refractivity contribution in [3.05, 3.63) is 59.9 Å². The number of nitriles is 2. The fourth-order valence-corrected chi connectivity index (χ4v) is 2.02. The Kier molecular flexibility index (Phi) is 5.29. The second-order valence-corrected chi connectivity index (χ2v) is 4.81. The predicted octanol–water partition coefficient (Wildman–Crippen LogP) is 3.50. The molecule has 1 aromatic heterocycles. The van der Waals surface area contributed by atoms with Crippen LogP contribution in [-0.4, -0.2) is 18.6 Å². The van der Waals surface area contributed by atoms with Crippen LogP contribution in [-0.2, 0) is 0 Å². The average molecular weight is 288 g/mol. The van der Waals surface area contributed by atoms with E-state index in [1.54, 1.807) is 6.20 Å². The molecule has 0 aliphatic heterocycles. The Morgan fingerprint density at radius 1 is 1.18 bits per heavy atom. The minimum atomic E-state index is 0.496. The third kappa shape index (κ3) is 3.94. The molecule has 22 heavy (non-hydrogen) atoms. The van der Waals surface area contributed by atoms with Crippen molar-refractivity contribution in [2.45, 2.75) is 6.42 Å². The first-order chi connectivity index (χ1) is 10.7. The summed E-state index contributed by atoms with van der Waals surface area (Å²) >= 11 is 0. The molecule has 2 rings (SSSR count). The molecule has 0 radical (unpaired) electrons. The molecule has 0 aliphatic rings. The van der Waals surface area contributed by atoms with Crippen LogP contribution in [0, 0.1) is 22.7 Å². The topological polar surface area (TPSA) is 63.7 Å². The second-order valence-electron chi connectivity index (χ2n) is 4.81. The van der Waals surface area contributed by atoms with E-state index in [0.29, 0.717) is 24.2 Å². The summed E-state index contributed by atoms with van der Waals surface area (Å²) in [6, 6.07) is 17.7. The van der Waals surface area contributed by atoms with E-state index in [0.717, 1.165) is 11.3 Å². The molecule has 4 heteroatoms. The number of anilines is 1. The Labute approximate surface area is 130 Å². The summed E-state index contributed by atoms with van der Waals surface area (Å²) in [7, 11) is 1.96. The molecule has 0 saturated heterocycles. The molecule has 0 aliphatic carbocycles. The first-order valence-corrected chi connectivity index (χ1v) is 6.96. The fraction of sp³-hybridized carbons (Fsp3) is 0.167. The van der Waals surface area contributed by atoms with Crippen molar-refractivity contribution < 1.29 is 0 Å². The Hall–Kier alpha value is -3.11. The van der Waals surface area contributed by atoms with Gasteiger partial charge in [-0.15, -0.1) is 0 Å². The van der Waals surface area contributed by atoms with Gasteiger partial charge in [0.25, 0.3) is 0 Å². The largest absolute Gasteiger partial charge is 0.374 e. The lowest BCUT2D eigenvalue weighted by molar-refractivity contribution is 0.905. The summed E-state index contributed by atoms with van der Waals surface area (Å²) in [5.74, 6) is 0. The van der Waals surface area contributed by atoms with Gasteiger partial charge in [-0.1, -0.05) is 18.2 Å². The first-order valence-electron chi connectivity index (χ1n) is 6.96. The maximum absolute atomic E-state index is 9.28. The number of aromatic nitrogens is 1. The van der Waals surface area contributed by atoms with Crippen LogP contribution in [0.4, 0.5) is 5.69 Å². The number of rotatable bonds is 5. The van der Waals surface area contributed by atoms with Gasteiger partial charge in [0.2, 0.25) is 0 Å². The Morgan fingerprint density at radius 2 is 1.95 bits per heavy atom. The predicted molar refractivity (Wildman–Crippen MR) is 87.7 cm³/mol. The van der Waals surface area contributed by atoms with Crippen LogP contribution >= 0.6 is 0 Å². The molecule has 0 N–H and O–H groups in total. The molecule has 0 unspecified atom stereocenters. The second kappa shape index (κ2) is 7.61. The van der Waals surface area contributed by atoms with Gasteiger partial charge in [0.15, 0.2) is 0 Å². The highest BCUT2D eigenvalue weighted by molar-refractivity contribution is 5.88. The van der Waals surface area contributed by atoms with Crippen LogP contribution in [0.2, 0.25) is 0 Å². The van der Waals surface area contributed by atoms with Crippen LogP contribution in [0.1, 0.15) is 17.7 Å². The summed E-state index contributed by atoms with van der Waals surface area (Å²) in [5, 5.41) is 17.9. The lowest BCUT2D eigenvalue weighted by atomic mass is 10.1. The quantitative estimate of drug-likeness (QED) is 0.790. The molecule has 2 aromatic rings. The Balaban J connectivity index is 2.18. The van der Waals surface area contributed by atoms with E-state index < -0.39 is 0 Å². The number of allylic oxidation sites excluding steroid dienone is 1. The molecule has 0 saturated carbocycles. The van der Waals surface area contributed by atoms with E-state index in [1.165, 1.54) is 0 Å². The zero-order chi connectivity index (χ0) is 15.8. The van der Waals surface area contributed by atoms with E-state index in [2.05, 4.69) is 17.1 Å². The van der Waals surface area contributed by atoms with E-state index in [9.17, 15) is 5.26 Å². The van der Waals surface area contributed by atoms with Crippen molar-refractivity contribution >= 4 is 17.3 Å². The van der Waals surface area contributed by atoms with Gasteiger partial charge >= 0.3 is 0 Å². The van der Waals surface area contributed by atoms with E-state index in [1.807, 2.05) is 60.5 Å². The van der Waals surface area contributed by atoms with Crippen LogP contribution in [0.3, 0.4) is 0 Å². The molecule has 4 nitrogen and oxygen atoms in total. The third-order valence-electron chi connectivity index (χ3n) is 3.27. The lowest BCUT2D eigenvalue weighted by Crippen LogP contribution is -2.17. The molecule has 0 atom stereocenters. The zero-order valence-corrected chi connectivity index (χ0v) is 12.4. The SMILES string of the molecule is CN(CCC#N)c1ccc(C=C(C#N)c2ccccn2)cc1. The van der Waals surface area contributed by atoms with Gasteiger partial charge in [0.1, 0.15) is 6.07 Å². The minimum absolute atomic E-state index is 0.496. The summed E-state index contributed by atoms with van der Waals surface area (Å²) in [6.45, 7) is 0.697. The average Bonchev–Trinajstić information content (AvgIpc) is 2.58. The molecular weight excluding hydrogens is 272 g/mol. The lowest BCUT2D eigenvalue weighted by Gasteiger charge is -2.17. The molecule has 0 amide bonds. The standard InChI is InChI=1S/C18H16N4/c1-22(12-4-10-19)17-8-6-15(7-9-17)13-16(14-20)18-5-2-3-11-21-18/h2-3,5-9,11,13H,4,12H2,1H3. The Morgan fingerprint density at radius 3 is 2.55 bits per heavy atom. The number of benzene rings is 1. The fourth-order valence-electron chi connectivity index (χ4n) is 2.02. The molecule has 0 spiro atoms. The van der Waals surface area contributed by atoms with E-state index in [4.69, 9.17) is 5.26 Å². The number of hydrogen-bond donors (Lipinski definition) is 0.